The van der Waals surface area contributed by atoms with Crippen molar-refractivity contribution in [2.24, 2.45) is 7.05 Å². The molecule has 0 radical (unpaired) electrons. The third kappa shape index (κ3) is 59.2. The van der Waals surface area contributed by atoms with Gasteiger partial charge in [-0.25, -0.2) is 15.0 Å². The van der Waals surface area contributed by atoms with E-state index < -0.39 is 0 Å². The molecule has 19 nitrogen and oxygen atoms in total. The number of hydrogen-bond acceptors (Lipinski definition) is 21. The Labute approximate surface area is 663 Å². The maximum Gasteiger partial charge on any atom is 0.229 e. The maximum absolute atomic E-state index is 5.12. The van der Waals surface area contributed by atoms with Crippen molar-refractivity contribution in [3.8, 4) is 0 Å². The molecule has 11 heterocycles. The molecule has 0 atom stereocenters. The van der Waals surface area contributed by atoms with E-state index in [1.807, 2.05) is 220 Å². The van der Waals surface area contributed by atoms with Crippen LogP contribution in [0.25, 0.3) is 0 Å². The Bertz CT molecular complexity index is 2910. The van der Waals surface area contributed by atoms with E-state index in [1.165, 1.54) is 22.4 Å². The normalized spacial score (nSPS) is 9.53. The van der Waals surface area contributed by atoms with Gasteiger partial charge >= 0.3 is 0 Å². The minimum absolute atomic E-state index is 0.339. The quantitative estimate of drug-likeness (QED) is 0.117. The molecule has 0 saturated carbocycles. The molecular weight excluding hydrogens is 1400 g/mol. The van der Waals surface area contributed by atoms with E-state index in [1.54, 1.807) is 74.0 Å². The SMILES string of the molecule is CC.CC.CC.CC.CC.CC.CC.CC(C)c1ccco1.CC(C)c1cccs1.CC(C)c1ccoc1.CC(C)c1ccsc1.CC(C)c1cocn1.CC(C)c1nccn1C.CC(C)c1ncco1.Cc1nc(C(C)C)no1.Cc1nnc(C(C)C)o1.Cc1nnc(C(C)C)s1.Cc1noc(C(C)C)n1. The van der Waals surface area contributed by atoms with Crippen LogP contribution >= 0.6 is 34.0 Å². The summed E-state index contributed by atoms with van der Waals surface area (Å²) in [5.74, 6) is 12.7. The van der Waals surface area contributed by atoms with Gasteiger partial charge in [-0.3, -0.25) is 0 Å². The first-order valence-corrected chi connectivity index (χ1v) is 41.5. The molecule has 107 heavy (non-hydrogen) atoms. The summed E-state index contributed by atoms with van der Waals surface area (Å²) in [7, 11) is 2.02. The zero-order valence-corrected chi connectivity index (χ0v) is 77.1. The average molecular weight is 1550 g/mol. The number of hydrogen-bond donors (Lipinski definition) is 0. The molecule has 612 valence electrons. The Morgan fingerprint density at radius 2 is 1.01 bits per heavy atom. The zero-order valence-electron chi connectivity index (χ0n) is 74.7. The average Bonchev–Trinajstić information content (AvgIpc) is 1.80. The number of thiophene rings is 2. The summed E-state index contributed by atoms with van der Waals surface area (Å²) < 4.78 is 36.5. The highest BCUT2D eigenvalue weighted by Gasteiger charge is 2.09. The highest BCUT2D eigenvalue weighted by atomic mass is 32.1. The van der Waals surface area contributed by atoms with E-state index in [-0.39, 0.29) is 0 Å². The molecule has 0 aromatic carbocycles. The fourth-order valence-electron chi connectivity index (χ4n) is 6.59. The minimum Gasteiger partial charge on any atom is -0.472 e. The molecule has 0 aliphatic rings. The first-order chi connectivity index (χ1) is 50.8. The summed E-state index contributed by atoms with van der Waals surface area (Å²) in [4.78, 5) is 21.6. The van der Waals surface area contributed by atoms with E-state index in [4.69, 9.17) is 31.1 Å². The van der Waals surface area contributed by atoms with Gasteiger partial charge in [-0.1, -0.05) is 266 Å². The van der Waals surface area contributed by atoms with Gasteiger partial charge in [0.2, 0.25) is 23.6 Å². The lowest BCUT2D eigenvalue weighted by molar-refractivity contribution is 0.362. The number of aromatic nitrogens is 12. The highest BCUT2D eigenvalue weighted by molar-refractivity contribution is 7.11. The molecular formula is C85H152N12O7S3. The lowest BCUT2D eigenvalue weighted by atomic mass is 10.1. The largest absolute Gasteiger partial charge is 0.472 e. The van der Waals surface area contributed by atoms with Gasteiger partial charge in [0.1, 0.15) is 34.1 Å². The minimum atomic E-state index is 0.339. The van der Waals surface area contributed by atoms with Crippen molar-refractivity contribution in [3.05, 3.63) is 193 Å². The molecule has 22 heteroatoms. The van der Waals surface area contributed by atoms with Crippen LogP contribution in [0, 0.1) is 27.7 Å². The van der Waals surface area contributed by atoms with Crippen LogP contribution in [0.2, 0.25) is 0 Å². The van der Waals surface area contributed by atoms with Gasteiger partial charge in [-0.15, -0.1) is 43.1 Å². The van der Waals surface area contributed by atoms with Crippen molar-refractivity contribution in [2.75, 3.05) is 0 Å². The Hall–Kier alpha value is -7.43. The first kappa shape index (κ1) is 113. The van der Waals surface area contributed by atoms with Crippen molar-refractivity contribution >= 4 is 34.0 Å². The fraction of sp³-hybridized carbons (Fsp3) is 0.612. The van der Waals surface area contributed by atoms with Crippen LogP contribution in [0.4, 0.5) is 0 Å². The van der Waals surface area contributed by atoms with Gasteiger partial charge in [0.15, 0.2) is 23.9 Å². The van der Waals surface area contributed by atoms with Crippen molar-refractivity contribution in [1.29, 1.82) is 0 Å². The third-order valence-electron chi connectivity index (χ3n) is 12.2. The summed E-state index contributed by atoms with van der Waals surface area (Å²) in [5, 5.41) is 31.4. The van der Waals surface area contributed by atoms with Crippen molar-refractivity contribution in [1.82, 2.24) is 60.2 Å². The van der Waals surface area contributed by atoms with Crippen molar-refractivity contribution in [3.63, 3.8) is 0 Å². The monoisotopic (exact) mass is 1550 g/mol. The second-order valence-corrected chi connectivity index (χ2v) is 27.7. The zero-order chi connectivity index (χ0) is 84.2. The second-order valence-electron chi connectivity index (χ2n) is 24.7. The summed E-state index contributed by atoms with van der Waals surface area (Å²) in [6, 6.07) is 12.3. The topological polar surface area (TPSA) is 239 Å². The smallest absolute Gasteiger partial charge is 0.229 e. The van der Waals surface area contributed by atoms with Crippen molar-refractivity contribution in [2.45, 2.75) is 342 Å². The molecule has 11 aromatic heterocycles. The first-order valence-electron chi connectivity index (χ1n) is 38.9. The van der Waals surface area contributed by atoms with E-state index >= 15 is 0 Å². The standard InChI is InChI=1S/C7H12N2.2C7H10O.2C7H10S.3C6H10N2O.C6H10N2S.2C6H9NO.7C2H6/c1-6(2)7-8-4-5-9(7)3;1-6(2)7-3-4-8-5-7;1-6(2)7-4-3-5-8-7;1-6(2)7-3-4-8-5-7;1-6(2)7-4-3-5-8-7;1-4(2)6-8-7-5(3)9-6;1-4(2)6-7-5(3)9-8-6;1-4(2)6-7-5(3)8-9-6;1-4(2)6-8-7-5(3)9-6;1-5(2)6-3-8-4-7-6;1-5(2)6-7-3-4-8-6;7*1-2/h4-6H,1-3H3;4*3-6H,1-2H3;4*4H,1-3H3;2*3-5H,1-2H3;7*1-2H3. The lowest BCUT2D eigenvalue weighted by Gasteiger charge is -2.02. The number of nitrogens with zero attached hydrogens (tertiary/aromatic N) is 12. The summed E-state index contributed by atoms with van der Waals surface area (Å²) in [6.45, 7) is 81.7. The van der Waals surface area contributed by atoms with Gasteiger partial charge < -0.3 is 35.7 Å². The number of furan rings is 2. The fourth-order valence-corrected chi connectivity index (χ4v) is 8.86. The van der Waals surface area contributed by atoms with Gasteiger partial charge in [-0.2, -0.15) is 21.3 Å². The van der Waals surface area contributed by atoms with Crippen LogP contribution in [0.1, 0.15) is 399 Å². The number of aryl methyl sites for hydroxylation is 5. The van der Waals surface area contributed by atoms with Gasteiger partial charge in [0.25, 0.3) is 0 Å². The Morgan fingerprint density at radius 1 is 0.421 bits per heavy atom. The maximum atomic E-state index is 5.12. The Kier molecular flexibility index (Phi) is 78.1. The molecule has 11 rings (SSSR count). The highest BCUT2D eigenvalue weighted by Crippen LogP contribution is 2.21. The summed E-state index contributed by atoms with van der Waals surface area (Å²) in [5.41, 5.74) is 3.74. The van der Waals surface area contributed by atoms with Gasteiger partial charge in [-0.05, 0) is 95.1 Å². The van der Waals surface area contributed by atoms with Crippen LogP contribution in [-0.2, 0) is 7.05 Å². The molecule has 0 fully saturated rings. The van der Waals surface area contributed by atoms with Crippen molar-refractivity contribution < 1.29 is 31.1 Å². The Balaban J connectivity index is -0.000000202. The molecule has 0 aliphatic heterocycles. The van der Waals surface area contributed by atoms with Crippen LogP contribution in [0.15, 0.2) is 140 Å². The molecule has 0 N–H and O–H groups in total. The molecule has 0 saturated heterocycles. The molecule has 0 amide bonds. The Morgan fingerprint density at radius 3 is 1.21 bits per heavy atom. The third-order valence-corrected chi connectivity index (χ3v) is 15.2. The molecule has 0 spiro atoms. The summed E-state index contributed by atoms with van der Waals surface area (Å²) >= 11 is 5.27. The van der Waals surface area contributed by atoms with Crippen LogP contribution in [0.5, 0.6) is 0 Å². The van der Waals surface area contributed by atoms with E-state index in [9.17, 15) is 0 Å². The van der Waals surface area contributed by atoms with Gasteiger partial charge in [0.05, 0.1) is 30.7 Å². The molecule has 0 bridgehead atoms. The van der Waals surface area contributed by atoms with Crippen LogP contribution in [0.3, 0.4) is 0 Å². The molecule has 11 aromatic rings. The lowest BCUT2D eigenvalue weighted by Crippen LogP contribution is -1.98. The van der Waals surface area contributed by atoms with E-state index in [0.717, 1.165) is 39.0 Å². The summed E-state index contributed by atoms with van der Waals surface area (Å²) in [6.07, 6.45) is 15.4. The number of rotatable bonds is 11. The number of imidazole rings is 1. The van der Waals surface area contributed by atoms with E-state index in [0.29, 0.717) is 94.5 Å². The predicted octanol–water partition coefficient (Wildman–Crippen LogP) is 29.3. The molecule has 0 aliphatic carbocycles. The predicted molar refractivity (Wildman–Crippen MR) is 458 cm³/mol. The number of oxazole rings is 2. The van der Waals surface area contributed by atoms with Crippen LogP contribution in [-0.4, -0.2) is 60.2 Å². The molecule has 0 unspecified atom stereocenters. The van der Waals surface area contributed by atoms with Crippen LogP contribution < -0.4 is 0 Å². The van der Waals surface area contributed by atoms with E-state index in [2.05, 4.69) is 187 Å². The second kappa shape index (κ2) is 74.1. The van der Waals surface area contributed by atoms with Gasteiger partial charge in [0, 0.05) is 79.6 Å².